The summed E-state index contributed by atoms with van der Waals surface area (Å²) in [5.41, 5.74) is 0.224. The molecule has 1 amide bonds. The Morgan fingerprint density at radius 3 is 2.57 bits per heavy atom. The lowest BCUT2D eigenvalue weighted by Crippen LogP contribution is -2.40. The van der Waals surface area contributed by atoms with Crippen LogP contribution in [-0.2, 0) is 14.8 Å². The number of para-hydroxylation sites is 2. The zero-order valence-electron chi connectivity index (χ0n) is 15.8. The van der Waals surface area contributed by atoms with E-state index in [1.807, 2.05) is 6.07 Å². The molecule has 1 aliphatic rings. The molecular weight excluding hydrogens is 384 g/mol. The minimum absolute atomic E-state index is 0.0171. The highest BCUT2D eigenvalue weighted by Gasteiger charge is 2.28. The number of amides is 1. The molecule has 1 heterocycles. The zero-order valence-corrected chi connectivity index (χ0v) is 16.6. The maximum absolute atomic E-state index is 12.6. The van der Waals surface area contributed by atoms with E-state index in [1.54, 1.807) is 32.0 Å². The maximum atomic E-state index is 12.6. The number of nitrogens with one attached hydrogen (secondary N) is 2. The quantitative estimate of drug-likeness (QED) is 0.762. The molecule has 2 N–H and O–H groups in total. The number of hydrogen-bond donors (Lipinski definition) is 2. The summed E-state index contributed by atoms with van der Waals surface area (Å²) >= 11 is 0. The number of carbonyl (C=O) groups is 1. The van der Waals surface area contributed by atoms with Gasteiger partial charge in [-0.15, -0.1) is 0 Å². The Morgan fingerprint density at radius 1 is 1.18 bits per heavy atom. The van der Waals surface area contributed by atoms with Gasteiger partial charge in [0.15, 0.2) is 11.5 Å². The number of anilines is 1. The van der Waals surface area contributed by atoms with Crippen molar-refractivity contribution in [3.8, 4) is 17.2 Å². The maximum Gasteiger partial charge on any atom is 0.269 e. The molecule has 0 saturated heterocycles. The molecule has 2 aromatic rings. The topological polar surface area (TPSA) is 103 Å². The van der Waals surface area contributed by atoms with Crippen molar-refractivity contribution in [2.45, 2.75) is 30.9 Å². The fraction of sp³-hybridized carbons (Fsp3) is 0.316. The first kappa shape index (κ1) is 20.0. The number of benzene rings is 2. The normalized spacial score (nSPS) is 15.9. The van der Waals surface area contributed by atoms with Gasteiger partial charge in [-0.25, -0.2) is 13.1 Å². The third-order valence-corrected chi connectivity index (χ3v) is 5.59. The predicted octanol–water partition coefficient (Wildman–Crippen LogP) is 2.16. The third-order valence-electron chi connectivity index (χ3n) is 3.93. The minimum Gasteiger partial charge on any atom is -0.495 e. The fourth-order valence-electron chi connectivity index (χ4n) is 2.69. The summed E-state index contributed by atoms with van der Waals surface area (Å²) in [6, 6.07) is 11.0. The van der Waals surface area contributed by atoms with Crippen LogP contribution in [0.2, 0.25) is 0 Å². The number of carbonyl (C=O) groups excluding carboxylic acids is 1. The van der Waals surface area contributed by atoms with E-state index in [9.17, 15) is 13.2 Å². The van der Waals surface area contributed by atoms with Crippen molar-refractivity contribution in [3.05, 3.63) is 42.5 Å². The average molecular weight is 406 g/mol. The van der Waals surface area contributed by atoms with Crippen molar-refractivity contribution < 1.29 is 27.4 Å². The van der Waals surface area contributed by atoms with E-state index in [-0.39, 0.29) is 23.2 Å². The lowest BCUT2D eigenvalue weighted by Gasteiger charge is -2.25. The summed E-state index contributed by atoms with van der Waals surface area (Å²) in [5.74, 6) is 0.892. The number of fused-ring (bicyclic) bond motifs is 1. The number of sulfonamides is 1. The van der Waals surface area contributed by atoms with E-state index in [0.29, 0.717) is 17.2 Å². The van der Waals surface area contributed by atoms with Crippen LogP contribution in [0.3, 0.4) is 0 Å². The second-order valence-electron chi connectivity index (χ2n) is 6.49. The molecule has 8 nitrogen and oxygen atoms in total. The first-order chi connectivity index (χ1) is 13.3. The molecule has 150 valence electrons. The molecule has 0 radical (unpaired) electrons. The molecule has 0 saturated carbocycles. The number of methoxy groups -OCH3 is 1. The Bertz CT molecular complexity index is 974. The van der Waals surface area contributed by atoms with E-state index in [4.69, 9.17) is 14.2 Å². The molecule has 0 bridgehead atoms. The van der Waals surface area contributed by atoms with Crippen LogP contribution in [0.25, 0.3) is 0 Å². The summed E-state index contributed by atoms with van der Waals surface area (Å²) in [6.07, 6.45) is -0.881. The average Bonchev–Trinajstić information content (AvgIpc) is 2.66. The first-order valence-corrected chi connectivity index (χ1v) is 10.2. The Morgan fingerprint density at radius 2 is 1.89 bits per heavy atom. The van der Waals surface area contributed by atoms with Gasteiger partial charge >= 0.3 is 0 Å². The Labute approximate surface area is 163 Å². The lowest BCUT2D eigenvalue weighted by molar-refractivity contribution is -0.125. The minimum atomic E-state index is -3.72. The first-order valence-electron chi connectivity index (χ1n) is 8.70. The molecule has 1 aliphatic heterocycles. The number of hydrogen-bond acceptors (Lipinski definition) is 6. The molecule has 0 spiro atoms. The largest absolute Gasteiger partial charge is 0.495 e. The van der Waals surface area contributed by atoms with Gasteiger partial charge in [0.1, 0.15) is 12.4 Å². The molecule has 3 rings (SSSR count). The van der Waals surface area contributed by atoms with E-state index in [0.717, 1.165) is 0 Å². The fourth-order valence-corrected chi connectivity index (χ4v) is 3.97. The highest BCUT2D eigenvalue weighted by molar-refractivity contribution is 7.89. The molecular formula is C19H22N2O6S. The van der Waals surface area contributed by atoms with Gasteiger partial charge < -0.3 is 19.5 Å². The van der Waals surface area contributed by atoms with Gasteiger partial charge in [0, 0.05) is 6.04 Å². The Balaban J connectivity index is 1.81. The van der Waals surface area contributed by atoms with Crippen LogP contribution in [-0.4, -0.2) is 40.2 Å². The van der Waals surface area contributed by atoms with Crippen molar-refractivity contribution in [2.75, 3.05) is 19.0 Å². The van der Waals surface area contributed by atoms with Crippen molar-refractivity contribution in [2.24, 2.45) is 0 Å². The highest BCUT2D eigenvalue weighted by Crippen LogP contribution is 2.32. The van der Waals surface area contributed by atoms with Crippen LogP contribution in [0.15, 0.2) is 47.4 Å². The second kappa shape index (κ2) is 8.07. The smallest absolute Gasteiger partial charge is 0.269 e. The van der Waals surface area contributed by atoms with Gasteiger partial charge in [-0.05, 0) is 44.2 Å². The van der Waals surface area contributed by atoms with Crippen LogP contribution >= 0.6 is 0 Å². The SMILES string of the molecule is COc1ccc(S(=O)(=O)NC(C)C)cc1NC(=O)[C@@H]1COc2ccccc2O1. The summed E-state index contributed by atoms with van der Waals surface area (Å²) in [6.45, 7) is 3.49. The highest BCUT2D eigenvalue weighted by atomic mass is 32.2. The van der Waals surface area contributed by atoms with Crippen molar-refractivity contribution in [3.63, 3.8) is 0 Å². The van der Waals surface area contributed by atoms with Gasteiger partial charge in [-0.2, -0.15) is 0 Å². The van der Waals surface area contributed by atoms with Gasteiger partial charge in [-0.3, -0.25) is 4.79 Å². The van der Waals surface area contributed by atoms with Crippen molar-refractivity contribution in [1.29, 1.82) is 0 Å². The van der Waals surface area contributed by atoms with Gasteiger partial charge in [0.05, 0.1) is 17.7 Å². The third kappa shape index (κ3) is 4.37. The van der Waals surface area contributed by atoms with E-state index < -0.39 is 22.0 Å². The van der Waals surface area contributed by atoms with Crippen molar-refractivity contribution >= 4 is 21.6 Å². The van der Waals surface area contributed by atoms with Crippen LogP contribution in [0, 0.1) is 0 Å². The number of rotatable bonds is 6. The lowest BCUT2D eigenvalue weighted by atomic mass is 10.2. The monoisotopic (exact) mass is 406 g/mol. The molecule has 0 aromatic heterocycles. The predicted molar refractivity (Wildman–Crippen MR) is 103 cm³/mol. The second-order valence-corrected chi connectivity index (χ2v) is 8.21. The van der Waals surface area contributed by atoms with E-state index >= 15 is 0 Å². The standard InChI is InChI=1S/C19H22N2O6S/c1-12(2)21-28(23,24)13-8-9-15(25-3)14(10-13)20-19(22)18-11-26-16-6-4-5-7-17(16)27-18/h4-10,12,18,21H,11H2,1-3H3,(H,20,22)/t18-/m0/s1. The molecule has 2 aromatic carbocycles. The summed E-state index contributed by atoms with van der Waals surface area (Å²) < 4.78 is 43.8. The van der Waals surface area contributed by atoms with Gasteiger partial charge in [-0.1, -0.05) is 12.1 Å². The zero-order chi connectivity index (χ0) is 20.3. The van der Waals surface area contributed by atoms with Crippen LogP contribution < -0.4 is 24.2 Å². The van der Waals surface area contributed by atoms with E-state index in [1.165, 1.54) is 25.3 Å². The summed E-state index contributed by atoms with van der Waals surface area (Å²) in [4.78, 5) is 12.7. The molecule has 9 heteroatoms. The molecule has 28 heavy (non-hydrogen) atoms. The van der Waals surface area contributed by atoms with Crippen LogP contribution in [0.1, 0.15) is 13.8 Å². The molecule has 1 atom stereocenters. The molecule has 0 fully saturated rings. The molecule has 0 aliphatic carbocycles. The molecule has 0 unspecified atom stereocenters. The van der Waals surface area contributed by atoms with E-state index in [2.05, 4.69) is 10.0 Å². The summed E-state index contributed by atoms with van der Waals surface area (Å²) in [5, 5.41) is 2.67. The Hall–Kier alpha value is -2.78. The Kier molecular flexibility index (Phi) is 5.76. The van der Waals surface area contributed by atoms with Gasteiger partial charge in [0.25, 0.3) is 5.91 Å². The number of ether oxygens (including phenoxy) is 3. The summed E-state index contributed by atoms with van der Waals surface area (Å²) in [7, 11) is -2.29. The van der Waals surface area contributed by atoms with Crippen LogP contribution in [0.4, 0.5) is 5.69 Å². The van der Waals surface area contributed by atoms with Crippen molar-refractivity contribution in [1.82, 2.24) is 4.72 Å². The van der Waals surface area contributed by atoms with Crippen LogP contribution in [0.5, 0.6) is 17.2 Å². The van der Waals surface area contributed by atoms with Gasteiger partial charge in [0.2, 0.25) is 16.1 Å².